The van der Waals surface area contributed by atoms with Crippen molar-refractivity contribution >= 4 is 11.8 Å². The molecule has 0 saturated heterocycles. The monoisotopic (exact) mass is 313 g/mol. The van der Waals surface area contributed by atoms with Crippen molar-refractivity contribution in [1.82, 2.24) is 15.6 Å². The summed E-state index contributed by atoms with van der Waals surface area (Å²) in [6.07, 6.45) is 3.37. The number of nitrogens with zero attached hydrogens (tertiary/aromatic N) is 1. The van der Waals surface area contributed by atoms with Crippen LogP contribution in [0.15, 0.2) is 54.9 Å². The van der Waals surface area contributed by atoms with Gasteiger partial charge in [-0.2, -0.15) is 0 Å². The third-order valence-corrected chi connectivity index (χ3v) is 3.00. The van der Waals surface area contributed by atoms with Gasteiger partial charge in [-0.3, -0.25) is 14.6 Å². The van der Waals surface area contributed by atoms with Crippen molar-refractivity contribution in [3.8, 4) is 5.75 Å². The van der Waals surface area contributed by atoms with Gasteiger partial charge in [-0.25, -0.2) is 0 Å². The van der Waals surface area contributed by atoms with Crippen LogP contribution in [0.4, 0.5) is 0 Å². The van der Waals surface area contributed by atoms with Gasteiger partial charge in [0.1, 0.15) is 5.75 Å². The first kappa shape index (κ1) is 16.5. The number of para-hydroxylation sites is 1. The molecule has 0 aliphatic heterocycles. The summed E-state index contributed by atoms with van der Waals surface area (Å²) < 4.78 is 5.44. The van der Waals surface area contributed by atoms with E-state index in [-0.39, 0.29) is 18.2 Å². The molecule has 0 saturated carbocycles. The number of rotatable bonds is 8. The number of hydrogen-bond donors (Lipinski definition) is 2. The van der Waals surface area contributed by atoms with E-state index in [1.54, 1.807) is 18.3 Å². The Hall–Kier alpha value is -2.89. The molecule has 23 heavy (non-hydrogen) atoms. The average Bonchev–Trinajstić information content (AvgIpc) is 2.60. The summed E-state index contributed by atoms with van der Waals surface area (Å²) in [5.74, 6) is 0.417. The minimum Gasteiger partial charge on any atom is -0.493 e. The van der Waals surface area contributed by atoms with Crippen LogP contribution >= 0.6 is 0 Å². The van der Waals surface area contributed by atoms with E-state index >= 15 is 0 Å². The molecule has 0 spiro atoms. The van der Waals surface area contributed by atoms with Crippen LogP contribution in [0, 0.1) is 0 Å². The van der Waals surface area contributed by atoms with Crippen LogP contribution in [0.1, 0.15) is 16.8 Å². The van der Waals surface area contributed by atoms with Crippen LogP contribution in [-0.4, -0.2) is 36.5 Å². The standard InChI is InChI=1S/C17H19N3O3/c21-16(8-12-23-15-6-2-1-3-7-15)19-10-11-20-17(22)14-5-4-9-18-13-14/h1-7,9,13H,8,10-12H2,(H,19,21)(H,20,22). The molecule has 1 aromatic heterocycles. The molecule has 0 unspecified atom stereocenters. The molecule has 0 bridgehead atoms. The third-order valence-electron chi connectivity index (χ3n) is 3.00. The first-order chi connectivity index (χ1) is 11.3. The summed E-state index contributed by atoms with van der Waals surface area (Å²) >= 11 is 0. The second-order valence-corrected chi connectivity index (χ2v) is 4.76. The zero-order chi connectivity index (χ0) is 16.3. The highest BCUT2D eigenvalue weighted by Crippen LogP contribution is 2.08. The van der Waals surface area contributed by atoms with Crippen LogP contribution in [0.3, 0.4) is 0 Å². The minimum absolute atomic E-state index is 0.114. The molecule has 6 nitrogen and oxygen atoms in total. The van der Waals surface area contributed by atoms with Gasteiger partial charge in [0, 0.05) is 25.5 Å². The molecule has 0 aliphatic carbocycles. The van der Waals surface area contributed by atoms with Crippen molar-refractivity contribution in [3.63, 3.8) is 0 Å². The van der Waals surface area contributed by atoms with Crippen molar-refractivity contribution in [2.24, 2.45) is 0 Å². The average molecular weight is 313 g/mol. The molecule has 120 valence electrons. The second-order valence-electron chi connectivity index (χ2n) is 4.76. The number of amides is 2. The van der Waals surface area contributed by atoms with E-state index < -0.39 is 0 Å². The zero-order valence-electron chi connectivity index (χ0n) is 12.7. The fourth-order valence-corrected chi connectivity index (χ4v) is 1.84. The highest BCUT2D eigenvalue weighted by atomic mass is 16.5. The van der Waals surface area contributed by atoms with Crippen molar-refractivity contribution < 1.29 is 14.3 Å². The van der Waals surface area contributed by atoms with Crippen molar-refractivity contribution in [1.29, 1.82) is 0 Å². The molecule has 0 radical (unpaired) electrons. The Bertz CT molecular complexity index is 617. The van der Waals surface area contributed by atoms with Gasteiger partial charge >= 0.3 is 0 Å². The van der Waals surface area contributed by atoms with E-state index in [4.69, 9.17) is 4.74 Å². The maximum atomic E-state index is 11.7. The van der Waals surface area contributed by atoms with Crippen LogP contribution in [0.2, 0.25) is 0 Å². The first-order valence-corrected chi connectivity index (χ1v) is 7.38. The number of ether oxygens (including phenoxy) is 1. The quantitative estimate of drug-likeness (QED) is 0.722. The van der Waals surface area contributed by atoms with E-state index in [2.05, 4.69) is 15.6 Å². The molecule has 0 aliphatic rings. The Morgan fingerprint density at radius 2 is 1.78 bits per heavy atom. The third kappa shape index (κ3) is 6.17. The lowest BCUT2D eigenvalue weighted by atomic mass is 10.3. The number of nitrogens with one attached hydrogen (secondary N) is 2. The van der Waals surface area contributed by atoms with Crippen LogP contribution in [0.5, 0.6) is 5.75 Å². The van der Waals surface area contributed by atoms with Gasteiger partial charge < -0.3 is 15.4 Å². The number of aromatic nitrogens is 1. The fourth-order valence-electron chi connectivity index (χ4n) is 1.84. The summed E-state index contributed by atoms with van der Waals surface area (Å²) in [4.78, 5) is 27.2. The number of carbonyl (C=O) groups excluding carboxylic acids is 2. The molecule has 1 heterocycles. The Balaban J connectivity index is 1.55. The summed E-state index contributed by atoms with van der Waals surface area (Å²) in [5, 5.41) is 5.44. The van der Waals surface area contributed by atoms with Crippen molar-refractivity contribution in [2.75, 3.05) is 19.7 Å². The van der Waals surface area contributed by atoms with Gasteiger partial charge in [-0.15, -0.1) is 0 Å². The maximum Gasteiger partial charge on any atom is 0.252 e. The molecule has 2 amide bonds. The minimum atomic E-state index is -0.209. The van der Waals surface area contributed by atoms with Crippen molar-refractivity contribution in [2.45, 2.75) is 6.42 Å². The number of hydrogen-bond acceptors (Lipinski definition) is 4. The highest BCUT2D eigenvalue weighted by molar-refractivity contribution is 5.93. The first-order valence-electron chi connectivity index (χ1n) is 7.38. The number of carbonyl (C=O) groups is 2. The molecule has 6 heteroatoms. The Morgan fingerprint density at radius 3 is 2.52 bits per heavy atom. The largest absolute Gasteiger partial charge is 0.493 e. The van der Waals surface area contributed by atoms with E-state index in [0.717, 1.165) is 5.75 Å². The smallest absolute Gasteiger partial charge is 0.252 e. The zero-order valence-corrected chi connectivity index (χ0v) is 12.7. The molecule has 0 atom stereocenters. The van der Waals surface area contributed by atoms with Gasteiger partial charge in [0.15, 0.2) is 0 Å². The van der Waals surface area contributed by atoms with Crippen LogP contribution < -0.4 is 15.4 Å². The number of benzene rings is 1. The van der Waals surface area contributed by atoms with Crippen LogP contribution in [-0.2, 0) is 4.79 Å². The van der Waals surface area contributed by atoms with E-state index in [1.165, 1.54) is 6.20 Å². The summed E-state index contributed by atoms with van der Waals surface area (Å²) in [6.45, 7) is 1.05. The van der Waals surface area contributed by atoms with E-state index in [9.17, 15) is 9.59 Å². The molecular formula is C17H19N3O3. The van der Waals surface area contributed by atoms with Crippen molar-refractivity contribution in [3.05, 3.63) is 60.4 Å². The van der Waals surface area contributed by atoms with Gasteiger partial charge in [0.25, 0.3) is 5.91 Å². The van der Waals surface area contributed by atoms with Gasteiger partial charge in [-0.1, -0.05) is 18.2 Å². The second kappa shape index (κ2) is 9.19. The van der Waals surface area contributed by atoms with Gasteiger partial charge in [-0.05, 0) is 24.3 Å². The Labute approximate surface area is 134 Å². The molecule has 2 rings (SSSR count). The predicted molar refractivity (Wildman–Crippen MR) is 86.1 cm³/mol. The predicted octanol–water partition coefficient (Wildman–Crippen LogP) is 1.40. The van der Waals surface area contributed by atoms with Gasteiger partial charge in [0.2, 0.25) is 5.91 Å². The molecule has 2 N–H and O–H groups in total. The SMILES string of the molecule is O=C(CCOc1ccccc1)NCCNC(=O)c1cccnc1. The number of pyridine rings is 1. The molecule has 1 aromatic carbocycles. The molecular weight excluding hydrogens is 294 g/mol. The lowest BCUT2D eigenvalue weighted by Gasteiger charge is -2.08. The lowest BCUT2D eigenvalue weighted by Crippen LogP contribution is -2.35. The van der Waals surface area contributed by atoms with E-state index in [1.807, 2.05) is 30.3 Å². The molecule has 0 fully saturated rings. The maximum absolute atomic E-state index is 11.7. The van der Waals surface area contributed by atoms with E-state index in [0.29, 0.717) is 25.3 Å². The topological polar surface area (TPSA) is 80.3 Å². The normalized spacial score (nSPS) is 9.91. The summed E-state index contributed by atoms with van der Waals surface area (Å²) in [5.41, 5.74) is 0.495. The fraction of sp³-hybridized carbons (Fsp3) is 0.235. The summed E-state index contributed by atoms with van der Waals surface area (Å²) in [6, 6.07) is 12.7. The highest BCUT2D eigenvalue weighted by Gasteiger charge is 2.05. The van der Waals surface area contributed by atoms with Crippen LogP contribution in [0.25, 0.3) is 0 Å². The Kier molecular flexibility index (Phi) is 6.59. The lowest BCUT2D eigenvalue weighted by molar-refractivity contribution is -0.121. The molecule has 2 aromatic rings. The summed E-state index contributed by atoms with van der Waals surface area (Å²) in [7, 11) is 0. The van der Waals surface area contributed by atoms with Gasteiger partial charge in [0.05, 0.1) is 18.6 Å². The Morgan fingerprint density at radius 1 is 1.00 bits per heavy atom.